The number of benzene rings is 1. The fourth-order valence-electron chi connectivity index (χ4n) is 2.32. The Kier molecular flexibility index (Phi) is 5.77. The molecule has 0 fully saturated rings. The van der Waals surface area contributed by atoms with E-state index in [-0.39, 0.29) is 22.3 Å². The molecule has 0 aromatic heterocycles. The summed E-state index contributed by atoms with van der Waals surface area (Å²) >= 11 is 0. The average Bonchev–Trinajstić information content (AvgIpc) is 2.36. The molecule has 1 aromatic carbocycles. The molecule has 0 spiro atoms. The molecule has 0 aliphatic heterocycles. The average molecular weight is 348 g/mol. The zero-order valence-corrected chi connectivity index (χ0v) is 15.0. The SMILES string of the molecule is CC(C)CC(C)(CN)NS(=O)(=O)c1cccc(S(C)(=O)=O)c1. The molecule has 0 radical (unpaired) electrons. The van der Waals surface area contributed by atoms with Gasteiger partial charge in [-0.05, 0) is 37.5 Å². The molecule has 3 N–H and O–H groups in total. The summed E-state index contributed by atoms with van der Waals surface area (Å²) in [4.78, 5) is -0.118. The standard InChI is InChI=1S/C14H24N2O4S2/c1-11(2)9-14(3,10-15)16-22(19,20)13-7-5-6-12(8-13)21(4,17)18/h5-8,11,16H,9-10,15H2,1-4H3. The Morgan fingerprint density at radius 2 is 1.73 bits per heavy atom. The summed E-state index contributed by atoms with van der Waals surface area (Å²) in [7, 11) is -7.32. The van der Waals surface area contributed by atoms with E-state index in [1.54, 1.807) is 6.92 Å². The second-order valence-electron chi connectivity index (χ2n) is 6.22. The van der Waals surface area contributed by atoms with Crippen LogP contribution in [0.3, 0.4) is 0 Å². The Labute approximate surface area is 133 Å². The molecule has 1 atom stereocenters. The summed E-state index contributed by atoms with van der Waals surface area (Å²) < 4.78 is 50.7. The van der Waals surface area contributed by atoms with Gasteiger partial charge in [0.2, 0.25) is 10.0 Å². The molecule has 8 heteroatoms. The second kappa shape index (κ2) is 6.66. The van der Waals surface area contributed by atoms with Crippen LogP contribution in [0.1, 0.15) is 27.2 Å². The molecule has 126 valence electrons. The van der Waals surface area contributed by atoms with Gasteiger partial charge in [0.25, 0.3) is 0 Å². The van der Waals surface area contributed by atoms with Crippen LogP contribution in [0.15, 0.2) is 34.1 Å². The van der Waals surface area contributed by atoms with E-state index in [9.17, 15) is 16.8 Å². The molecule has 1 unspecified atom stereocenters. The Morgan fingerprint density at radius 3 is 2.18 bits per heavy atom. The maximum atomic E-state index is 12.5. The van der Waals surface area contributed by atoms with E-state index in [0.717, 1.165) is 12.3 Å². The predicted octanol–water partition coefficient (Wildman–Crippen LogP) is 1.13. The van der Waals surface area contributed by atoms with Gasteiger partial charge in [-0.3, -0.25) is 0 Å². The first kappa shape index (κ1) is 19.1. The topological polar surface area (TPSA) is 106 Å². The van der Waals surface area contributed by atoms with Gasteiger partial charge in [-0.1, -0.05) is 19.9 Å². The van der Waals surface area contributed by atoms with E-state index < -0.39 is 25.4 Å². The van der Waals surface area contributed by atoms with Crippen molar-refractivity contribution < 1.29 is 16.8 Å². The molecular formula is C14H24N2O4S2. The molecule has 22 heavy (non-hydrogen) atoms. The van der Waals surface area contributed by atoms with E-state index in [4.69, 9.17) is 5.73 Å². The first-order chi connectivity index (χ1) is 9.89. The van der Waals surface area contributed by atoms with Gasteiger partial charge in [0.1, 0.15) is 0 Å². The fourth-order valence-corrected chi connectivity index (χ4v) is 4.54. The molecular weight excluding hydrogens is 324 g/mol. The summed E-state index contributed by atoms with van der Waals surface area (Å²) in [6, 6.07) is 5.30. The predicted molar refractivity (Wildman–Crippen MR) is 86.8 cm³/mol. The molecule has 0 saturated carbocycles. The van der Waals surface area contributed by atoms with Crippen LogP contribution in [0, 0.1) is 5.92 Å². The van der Waals surface area contributed by atoms with E-state index in [1.807, 2.05) is 13.8 Å². The van der Waals surface area contributed by atoms with Crippen LogP contribution >= 0.6 is 0 Å². The van der Waals surface area contributed by atoms with Crippen molar-refractivity contribution in [1.29, 1.82) is 0 Å². The van der Waals surface area contributed by atoms with E-state index in [2.05, 4.69) is 4.72 Å². The van der Waals surface area contributed by atoms with Crippen LogP contribution in [0.2, 0.25) is 0 Å². The zero-order chi connectivity index (χ0) is 17.2. The molecule has 0 aliphatic rings. The summed E-state index contributed by atoms with van der Waals surface area (Å²) in [6.07, 6.45) is 1.61. The van der Waals surface area contributed by atoms with Crippen molar-refractivity contribution in [1.82, 2.24) is 4.72 Å². The van der Waals surface area contributed by atoms with Gasteiger partial charge in [0.05, 0.1) is 9.79 Å². The van der Waals surface area contributed by atoms with Crippen LogP contribution < -0.4 is 10.5 Å². The molecule has 0 amide bonds. The number of nitrogens with two attached hydrogens (primary N) is 1. The largest absolute Gasteiger partial charge is 0.329 e. The fraction of sp³-hybridized carbons (Fsp3) is 0.571. The Bertz CT molecular complexity index is 727. The highest BCUT2D eigenvalue weighted by atomic mass is 32.2. The third kappa shape index (κ3) is 5.05. The number of sulfonamides is 1. The van der Waals surface area contributed by atoms with Crippen LogP contribution in [0.4, 0.5) is 0 Å². The van der Waals surface area contributed by atoms with Crippen molar-refractivity contribution in [2.24, 2.45) is 11.7 Å². The van der Waals surface area contributed by atoms with Gasteiger partial charge in [-0.15, -0.1) is 0 Å². The molecule has 0 saturated heterocycles. The summed E-state index contributed by atoms with van der Waals surface area (Å²) in [5.41, 5.74) is 4.93. The van der Waals surface area contributed by atoms with Crippen LogP contribution in [0.5, 0.6) is 0 Å². The normalized spacial score (nSPS) is 15.7. The third-order valence-electron chi connectivity index (χ3n) is 3.23. The van der Waals surface area contributed by atoms with Gasteiger partial charge < -0.3 is 5.73 Å². The van der Waals surface area contributed by atoms with Crippen molar-refractivity contribution in [3.8, 4) is 0 Å². The van der Waals surface area contributed by atoms with Crippen molar-refractivity contribution in [3.05, 3.63) is 24.3 Å². The highest BCUT2D eigenvalue weighted by Gasteiger charge is 2.30. The minimum atomic E-state index is -3.85. The van der Waals surface area contributed by atoms with Gasteiger partial charge in [-0.25, -0.2) is 21.6 Å². The highest BCUT2D eigenvalue weighted by Crippen LogP contribution is 2.21. The van der Waals surface area contributed by atoms with E-state index >= 15 is 0 Å². The Morgan fingerprint density at radius 1 is 1.18 bits per heavy atom. The Balaban J connectivity index is 3.20. The maximum Gasteiger partial charge on any atom is 0.241 e. The van der Waals surface area contributed by atoms with Crippen LogP contribution in [-0.4, -0.2) is 35.2 Å². The molecule has 0 bridgehead atoms. The minimum Gasteiger partial charge on any atom is -0.329 e. The first-order valence-electron chi connectivity index (χ1n) is 6.94. The van der Waals surface area contributed by atoms with Crippen molar-refractivity contribution in [2.45, 2.75) is 42.5 Å². The highest BCUT2D eigenvalue weighted by molar-refractivity contribution is 7.91. The molecule has 6 nitrogen and oxygen atoms in total. The van der Waals surface area contributed by atoms with Crippen LogP contribution in [-0.2, 0) is 19.9 Å². The lowest BCUT2D eigenvalue weighted by Gasteiger charge is -2.30. The number of nitrogens with one attached hydrogen (secondary N) is 1. The summed E-state index contributed by atoms with van der Waals surface area (Å²) in [5.74, 6) is 0.263. The number of hydrogen-bond donors (Lipinski definition) is 2. The maximum absolute atomic E-state index is 12.5. The smallest absolute Gasteiger partial charge is 0.241 e. The van der Waals surface area contributed by atoms with Gasteiger partial charge >= 0.3 is 0 Å². The second-order valence-corrected chi connectivity index (χ2v) is 9.91. The lowest BCUT2D eigenvalue weighted by Crippen LogP contribution is -2.51. The lowest BCUT2D eigenvalue weighted by molar-refractivity contribution is 0.344. The van der Waals surface area contributed by atoms with E-state index in [1.165, 1.54) is 18.2 Å². The monoisotopic (exact) mass is 348 g/mol. The summed E-state index contributed by atoms with van der Waals surface area (Å²) in [6.45, 7) is 5.85. The third-order valence-corrected chi connectivity index (χ3v) is 5.98. The van der Waals surface area contributed by atoms with E-state index in [0.29, 0.717) is 6.42 Å². The first-order valence-corrected chi connectivity index (χ1v) is 10.3. The van der Waals surface area contributed by atoms with Gasteiger partial charge in [0, 0.05) is 18.3 Å². The van der Waals surface area contributed by atoms with Crippen molar-refractivity contribution >= 4 is 19.9 Å². The summed E-state index contributed by atoms with van der Waals surface area (Å²) in [5, 5.41) is 0. The molecule has 1 rings (SSSR count). The molecule has 1 aromatic rings. The van der Waals surface area contributed by atoms with Crippen LogP contribution in [0.25, 0.3) is 0 Å². The molecule has 0 heterocycles. The van der Waals surface area contributed by atoms with Crippen molar-refractivity contribution in [3.63, 3.8) is 0 Å². The number of rotatable bonds is 7. The minimum absolute atomic E-state index is 0.0336. The van der Waals surface area contributed by atoms with Gasteiger partial charge in [0.15, 0.2) is 9.84 Å². The zero-order valence-electron chi connectivity index (χ0n) is 13.3. The Hall–Kier alpha value is -0.960. The lowest BCUT2D eigenvalue weighted by atomic mass is 9.92. The number of sulfone groups is 1. The number of hydrogen-bond acceptors (Lipinski definition) is 5. The van der Waals surface area contributed by atoms with Crippen molar-refractivity contribution in [2.75, 3.05) is 12.8 Å². The quantitative estimate of drug-likeness (QED) is 0.768. The van der Waals surface area contributed by atoms with Gasteiger partial charge in [-0.2, -0.15) is 0 Å². The molecule has 0 aliphatic carbocycles.